The van der Waals surface area contributed by atoms with Crippen LogP contribution in [0.2, 0.25) is 0 Å². The van der Waals surface area contributed by atoms with Gasteiger partial charge >= 0.3 is 0 Å². The molecule has 0 aliphatic carbocycles. The third kappa shape index (κ3) is 3.47. The predicted octanol–water partition coefficient (Wildman–Crippen LogP) is 4.64. The molecule has 5 nitrogen and oxygen atoms in total. The first kappa shape index (κ1) is 18.6. The topological polar surface area (TPSA) is 45.2 Å². The van der Waals surface area contributed by atoms with Crippen LogP contribution in [0.25, 0.3) is 22.2 Å². The average molecular weight is 396 g/mol. The van der Waals surface area contributed by atoms with Gasteiger partial charge in [0.1, 0.15) is 5.82 Å². The average Bonchev–Trinajstić information content (AvgIpc) is 2.80. The normalized spacial score (nSPS) is 14.3. The monoisotopic (exact) mass is 395 g/mol. The smallest absolute Gasteiger partial charge is 0.151 e. The van der Waals surface area contributed by atoms with Crippen molar-refractivity contribution in [3.8, 4) is 11.3 Å². The molecule has 0 bridgehead atoms. The molecule has 0 atom stereocenters. The van der Waals surface area contributed by atoms with Crippen molar-refractivity contribution >= 4 is 22.5 Å². The summed E-state index contributed by atoms with van der Waals surface area (Å²) in [7, 11) is 0. The van der Waals surface area contributed by atoms with Crippen molar-refractivity contribution in [2.45, 2.75) is 13.8 Å². The van der Waals surface area contributed by atoms with E-state index in [0.717, 1.165) is 54.6 Å². The first-order chi connectivity index (χ1) is 14.7. The van der Waals surface area contributed by atoms with Gasteiger partial charge in [0, 0.05) is 37.1 Å². The summed E-state index contributed by atoms with van der Waals surface area (Å²) in [6.07, 6.45) is 0. The van der Waals surface area contributed by atoms with Gasteiger partial charge in [-0.05, 0) is 43.2 Å². The van der Waals surface area contributed by atoms with Crippen LogP contribution in [-0.4, -0.2) is 41.4 Å². The number of hydrogen-bond donors (Lipinski definition) is 0. The highest BCUT2D eigenvalue weighted by Gasteiger charge is 2.20. The molecule has 4 aromatic rings. The van der Waals surface area contributed by atoms with Gasteiger partial charge in [-0.2, -0.15) is 0 Å². The van der Waals surface area contributed by atoms with Crippen LogP contribution in [0.1, 0.15) is 11.1 Å². The van der Waals surface area contributed by atoms with Crippen LogP contribution in [0.5, 0.6) is 0 Å². The van der Waals surface area contributed by atoms with Gasteiger partial charge in [0.25, 0.3) is 0 Å². The summed E-state index contributed by atoms with van der Waals surface area (Å²) in [5.74, 6) is 2.01. The zero-order valence-corrected chi connectivity index (χ0v) is 17.4. The summed E-state index contributed by atoms with van der Waals surface area (Å²) < 4.78 is 0. The third-order valence-electron chi connectivity index (χ3n) is 5.88. The van der Waals surface area contributed by atoms with Crippen LogP contribution < -0.4 is 9.80 Å². The molecule has 2 aromatic heterocycles. The number of aromatic nitrogens is 3. The molecule has 5 rings (SSSR count). The SMILES string of the molecule is Cc1cc(N2CCN(c3ccc(-c4ccccc4)nn3)CC2)nc2c(C)cccc12. The molecular weight excluding hydrogens is 370 g/mol. The molecule has 1 aliphatic heterocycles. The summed E-state index contributed by atoms with van der Waals surface area (Å²) in [4.78, 5) is 9.66. The number of para-hydroxylation sites is 1. The standard InChI is InChI=1S/C25H25N5/c1-18-7-6-10-21-19(2)17-24(26-25(18)21)30-15-13-29(14-16-30)23-12-11-22(27-28-23)20-8-4-3-5-9-20/h3-12,17H,13-16H2,1-2H3. The summed E-state index contributed by atoms with van der Waals surface area (Å²) in [6, 6.07) is 22.9. The molecule has 0 saturated carbocycles. The minimum atomic E-state index is 0.907. The van der Waals surface area contributed by atoms with Crippen LogP contribution >= 0.6 is 0 Å². The summed E-state index contributed by atoms with van der Waals surface area (Å²) in [5.41, 5.74) is 5.62. The maximum atomic E-state index is 4.98. The van der Waals surface area contributed by atoms with Gasteiger partial charge in [-0.15, -0.1) is 10.2 Å². The van der Waals surface area contributed by atoms with Gasteiger partial charge in [-0.1, -0.05) is 48.5 Å². The van der Waals surface area contributed by atoms with E-state index in [9.17, 15) is 0 Å². The van der Waals surface area contributed by atoms with Crippen molar-refractivity contribution < 1.29 is 0 Å². The number of aryl methyl sites for hydroxylation is 2. The minimum absolute atomic E-state index is 0.907. The van der Waals surface area contributed by atoms with Crippen LogP contribution in [0.4, 0.5) is 11.6 Å². The Morgan fingerprint density at radius 2 is 1.40 bits per heavy atom. The molecule has 1 aliphatic rings. The van der Waals surface area contributed by atoms with Gasteiger partial charge in [-0.3, -0.25) is 0 Å². The van der Waals surface area contributed by atoms with E-state index in [1.807, 2.05) is 18.2 Å². The van der Waals surface area contributed by atoms with E-state index in [1.165, 1.54) is 16.5 Å². The van der Waals surface area contributed by atoms with Gasteiger partial charge in [-0.25, -0.2) is 4.98 Å². The number of piperazine rings is 1. The Morgan fingerprint density at radius 1 is 0.667 bits per heavy atom. The molecule has 150 valence electrons. The van der Waals surface area contributed by atoms with Crippen LogP contribution in [0.3, 0.4) is 0 Å². The van der Waals surface area contributed by atoms with E-state index in [2.05, 4.69) is 82.4 Å². The lowest BCUT2D eigenvalue weighted by molar-refractivity contribution is 0.639. The highest BCUT2D eigenvalue weighted by atomic mass is 15.3. The Bertz CT molecular complexity index is 1160. The maximum absolute atomic E-state index is 4.98. The van der Waals surface area contributed by atoms with E-state index in [1.54, 1.807) is 0 Å². The van der Waals surface area contributed by atoms with E-state index in [-0.39, 0.29) is 0 Å². The molecule has 0 amide bonds. The fourth-order valence-electron chi connectivity index (χ4n) is 4.13. The summed E-state index contributed by atoms with van der Waals surface area (Å²) in [5, 5.41) is 10.2. The van der Waals surface area contributed by atoms with E-state index >= 15 is 0 Å². The second kappa shape index (κ2) is 7.75. The molecule has 1 fully saturated rings. The van der Waals surface area contributed by atoms with Crippen molar-refractivity contribution in [1.29, 1.82) is 0 Å². The lowest BCUT2D eigenvalue weighted by Crippen LogP contribution is -2.47. The molecule has 0 spiro atoms. The quantitative estimate of drug-likeness (QED) is 0.506. The van der Waals surface area contributed by atoms with Crippen molar-refractivity contribution in [2.75, 3.05) is 36.0 Å². The van der Waals surface area contributed by atoms with Gasteiger partial charge < -0.3 is 9.80 Å². The second-order valence-corrected chi connectivity index (χ2v) is 7.89. The van der Waals surface area contributed by atoms with Crippen molar-refractivity contribution in [1.82, 2.24) is 15.2 Å². The lowest BCUT2D eigenvalue weighted by atomic mass is 10.1. The van der Waals surface area contributed by atoms with Crippen molar-refractivity contribution in [3.05, 3.63) is 77.9 Å². The first-order valence-corrected chi connectivity index (χ1v) is 10.4. The maximum Gasteiger partial charge on any atom is 0.151 e. The largest absolute Gasteiger partial charge is 0.353 e. The Kier molecular flexibility index (Phi) is 4.79. The number of nitrogens with zero attached hydrogens (tertiary/aromatic N) is 5. The van der Waals surface area contributed by atoms with E-state index < -0.39 is 0 Å². The van der Waals surface area contributed by atoms with Crippen molar-refractivity contribution in [2.24, 2.45) is 0 Å². The van der Waals surface area contributed by atoms with Gasteiger partial charge in [0.05, 0.1) is 11.2 Å². The zero-order chi connectivity index (χ0) is 20.5. The first-order valence-electron chi connectivity index (χ1n) is 10.4. The van der Waals surface area contributed by atoms with Gasteiger partial charge in [0.2, 0.25) is 0 Å². The Hall–Kier alpha value is -3.47. The molecular formula is C25H25N5. The summed E-state index contributed by atoms with van der Waals surface area (Å²) >= 11 is 0. The van der Waals surface area contributed by atoms with Crippen molar-refractivity contribution in [3.63, 3.8) is 0 Å². The van der Waals surface area contributed by atoms with Crippen LogP contribution in [0.15, 0.2) is 66.7 Å². The van der Waals surface area contributed by atoms with E-state index in [0.29, 0.717) is 0 Å². The number of rotatable bonds is 3. The highest BCUT2D eigenvalue weighted by Crippen LogP contribution is 2.26. The predicted molar refractivity (Wildman–Crippen MR) is 123 cm³/mol. The summed E-state index contributed by atoms with van der Waals surface area (Å²) in [6.45, 7) is 7.97. The lowest BCUT2D eigenvalue weighted by Gasteiger charge is -2.36. The number of hydrogen-bond acceptors (Lipinski definition) is 5. The number of anilines is 2. The number of pyridine rings is 1. The molecule has 5 heteroatoms. The number of fused-ring (bicyclic) bond motifs is 1. The molecule has 30 heavy (non-hydrogen) atoms. The highest BCUT2D eigenvalue weighted by molar-refractivity contribution is 5.86. The van der Waals surface area contributed by atoms with Gasteiger partial charge in [0.15, 0.2) is 5.82 Å². The fourth-order valence-corrected chi connectivity index (χ4v) is 4.13. The Labute approximate surface area is 177 Å². The van der Waals surface area contributed by atoms with E-state index in [4.69, 9.17) is 4.98 Å². The Morgan fingerprint density at radius 3 is 2.10 bits per heavy atom. The molecule has 2 aromatic carbocycles. The Balaban J connectivity index is 1.31. The fraction of sp³-hybridized carbons (Fsp3) is 0.240. The minimum Gasteiger partial charge on any atom is -0.353 e. The third-order valence-corrected chi connectivity index (χ3v) is 5.88. The molecule has 0 unspecified atom stereocenters. The van der Waals surface area contributed by atoms with Crippen LogP contribution in [-0.2, 0) is 0 Å². The zero-order valence-electron chi connectivity index (χ0n) is 17.4. The number of benzene rings is 2. The molecule has 0 radical (unpaired) electrons. The molecule has 1 saturated heterocycles. The molecule has 3 heterocycles. The second-order valence-electron chi connectivity index (χ2n) is 7.89. The van der Waals surface area contributed by atoms with Crippen LogP contribution in [0, 0.1) is 13.8 Å². The molecule has 0 N–H and O–H groups in total.